The minimum atomic E-state index is -0.560. The molecule has 0 radical (unpaired) electrons. The van der Waals surface area contributed by atoms with Gasteiger partial charge in [0.05, 0.1) is 31.0 Å². The molecule has 2 atom stereocenters. The molecule has 3 N–H and O–H groups in total. The van der Waals surface area contributed by atoms with Crippen molar-refractivity contribution < 1.29 is 20.1 Å². The predicted octanol–water partition coefficient (Wildman–Crippen LogP) is 0.542. The van der Waals surface area contributed by atoms with Crippen molar-refractivity contribution in [3.8, 4) is 0 Å². The molecule has 0 bridgehead atoms. The first-order chi connectivity index (χ1) is 6.19. The number of hydrogen-bond acceptors (Lipinski definition) is 4. The fourth-order valence-electron chi connectivity index (χ4n) is 0.371. The Morgan fingerprint density at radius 2 is 1.43 bits per heavy atom. The van der Waals surface area contributed by atoms with Crippen LogP contribution in [0, 0.1) is 0 Å². The van der Waals surface area contributed by atoms with E-state index in [1.807, 2.05) is 20.8 Å². The molecule has 0 rings (SSSR count). The van der Waals surface area contributed by atoms with Gasteiger partial charge in [0.1, 0.15) is 0 Å². The van der Waals surface area contributed by atoms with Crippen molar-refractivity contribution in [3.63, 3.8) is 0 Å². The van der Waals surface area contributed by atoms with E-state index in [1.165, 1.54) is 6.92 Å². The van der Waals surface area contributed by atoms with E-state index in [2.05, 4.69) is 0 Å². The fraction of sp³-hybridized carbons (Fsp3) is 1.00. The quantitative estimate of drug-likeness (QED) is 0.633. The highest BCUT2D eigenvalue weighted by Crippen LogP contribution is 2.06. The highest BCUT2D eigenvalue weighted by Gasteiger charge is 2.10. The molecular weight excluding hydrogens is 184 g/mol. The molecule has 0 aliphatic rings. The zero-order valence-corrected chi connectivity index (χ0v) is 9.82. The molecule has 0 saturated carbocycles. The van der Waals surface area contributed by atoms with Crippen molar-refractivity contribution in [3.05, 3.63) is 0 Å². The average molecular weight is 208 g/mol. The van der Waals surface area contributed by atoms with Gasteiger partial charge in [-0.05, 0) is 34.6 Å². The number of ether oxygens (including phenoxy) is 1. The third kappa shape index (κ3) is 22.6. The fourth-order valence-corrected chi connectivity index (χ4v) is 0.371. The van der Waals surface area contributed by atoms with Gasteiger partial charge in [0.25, 0.3) is 0 Å². The topological polar surface area (TPSA) is 69.9 Å². The number of rotatable bonds is 3. The summed E-state index contributed by atoms with van der Waals surface area (Å²) in [5.41, 5.74) is -0.128. The van der Waals surface area contributed by atoms with E-state index >= 15 is 0 Å². The standard InChI is InChI=1S/C7H16O2.C3H8O2/c1-6(8)5-9-7(2,3)4;1-3(5)2-4/h6,8H,5H2,1-4H3;3-5H,2H2,1H3. The zero-order chi connectivity index (χ0) is 11.8. The molecule has 14 heavy (non-hydrogen) atoms. The molecule has 0 amide bonds. The van der Waals surface area contributed by atoms with Crippen LogP contribution in [0.2, 0.25) is 0 Å². The predicted molar refractivity (Wildman–Crippen MR) is 56.2 cm³/mol. The smallest absolute Gasteiger partial charge is 0.0745 e. The van der Waals surface area contributed by atoms with Gasteiger partial charge in [0, 0.05) is 0 Å². The third-order valence-corrected chi connectivity index (χ3v) is 1.02. The molecule has 0 heterocycles. The Morgan fingerprint density at radius 1 is 1.07 bits per heavy atom. The summed E-state index contributed by atoms with van der Waals surface area (Å²) in [6.45, 7) is 9.43. The number of hydrogen-bond donors (Lipinski definition) is 3. The van der Waals surface area contributed by atoms with Crippen LogP contribution >= 0.6 is 0 Å². The maximum absolute atomic E-state index is 8.79. The van der Waals surface area contributed by atoms with Crippen LogP contribution in [0.5, 0.6) is 0 Å². The van der Waals surface area contributed by atoms with Crippen LogP contribution in [0.3, 0.4) is 0 Å². The summed E-state index contributed by atoms with van der Waals surface area (Å²) >= 11 is 0. The van der Waals surface area contributed by atoms with Crippen LogP contribution < -0.4 is 0 Å². The first-order valence-corrected chi connectivity index (χ1v) is 4.80. The second-order valence-electron chi connectivity index (χ2n) is 4.30. The molecule has 0 aromatic carbocycles. The van der Waals surface area contributed by atoms with Crippen LogP contribution in [0.25, 0.3) is 0 Å². The molecule has 0 spiro atoms. The maximum Gasteiger partial charge on any atom is 0.0745 e. The van der Waals surface area contributed by atoms with E-state index < -0.39 is 6.10 Å². The van der Waals surface area contributed by atoms with Gasteiger partial charge >= 0.3 is 0 Å². The van der Waals surface area contributed by atoms with E-state index in [0.29, 0.717) is 6.61 Å². The van der Waals surface area contributed by atoms with Crippen LogP contribution in [0.15, 0.2) is 0 Å². The lowest BCUT2D eigenvalue weighted by Gasteiger charge is -2.20. The van der Waals surface area contributed by atoms with E-state index in [1.54, 1.807) is 6.92 Å². The summed E-state index contributed by atoms with van der Waals surface area (Å²) < 4.78 is 5.24. The monoisotopic (exact) mass is 208 g/mol. The molecular formula is C10H24O4. The van der Waals surface area contributed by atoms with Crippen molar-refractivity contribution >= 4 is 0 Å². The van der Waals surface area contributed by atoms with Gasteiger partial charge in [0.2, 0.25) is 0 Å². The van der Waals surface area contributed by atoms with Crippen molar-refractivity contribution in [2.45, 2.75) is 52.4 Å². The summed E-state index contributed by atoms with van der Waals surface area (Å²) in [6, 6.07) is 0. The first-order valence-electron chi connectivity index (χ1n) is 4.80. The van der Waals surface area contributed by atoms with E-state index in [9.17, 15) is 0 Å². The lowest BCUT2D eigenvalue weighted by molar-refractivity contribution is -0.0436. The van der Waals surface area contributed by atoms with Crippen molar-refractivity contribution in [2.24, 2.45) is 0 Å². The lowest BCUT2D eigenvalue weighted by atomic mass is 10.2. The van der Waals surface area contributed by atoms with Crippen LogP contribution in [0.4, 0.5) is 0 Å². The Kier molecular flexibility index (Phi) is 9.50. The van der Waals surface area contributed by atoms with Gasteiger partial charge in [-0.3, -0.25) is 0 Å². The van der Waals surface area contributed by atoms with E-state index in [0.717, 1.165) is 0 Å². The number of aliphatic hydroxyl groups excluding tert-OH is 3. The molecule has 88 valence electrons. The zero-order valence-electron chi connectivity index (χ0n) is 9.82. The van der Waals surface area contributed by atoms with Gasteiger partial charge in [0.15, 0.2) is 0 Å². The Morgan fingerprint density at radius 3 is 1.50 bits per heavy atom. The van der Waals surface area contributed by atoms with E-state index in [-0.39, 0.29) is 18.3 Å². The van der Waals surface area contributed by atoms with Crippen molar-refractivity contribution in [1.29, 1.82) is 0 Å². The van der Waals surface area contributed by atoms with Crippen LogP contribution in [-0.4, -0.2) is 46.3 Å². The second kappa shape index (κ2) is 8.17. The van der Waals surface area contributed by atoms with Gasteiger partial charge in [-0.1, -0.05) is 0 Å². The van der Waals surface area contributed by atoms with Gasteiger partial charge < -0.3 is 20.1 Å². The molecule has 0 aromatic heterocycles. The molecule has 0 fully saturated rings. The minimum Gasteiger partial charge on any atom is -0.394 e. The Balaban J connectivity index is 0. The molecule has 0 saturated heterocycles. The SMILES string of the molecule is CC(O)CO.CC(O)COC(C)(C)C. The van der Waals surface area contributed by atoms with Crippen molar-refractivity contribution in [2.75, 3.05) is 13.2 Å². The molecule has 2 unspecified atom stereocenters. The summed E-state index contributed by atoms with van der Waals surface area (Å²) in [4.78, 5) is 0. The molecule has 0 aliphatic heterocycles. The second-order valence-corrected chi connectivity index (χ2v) is 4.30. The summed E-state index contributed by atoms with van der Waals surface area (Å²) in [5.74, 6) is 0. The van der Waals surface area contributed by atoms with Gasteiger partial charge in [-0.15, -0.1) is 0 Å². The Bertz CT molecular complexity index is 116. The normalized spacial score (nSPS) is 15.4. The molecule has 4 heteroatoms. The van der Waals surface area contributed by atoms with Crippen LogP contribution in [0.1, 0.15) is 34.6 Å². The Labute approximate surface area is 86.5 Å². The van der Waals surface area contributed by atoms with Gasteiger partial charge in [-0.2, -0.15) is 0 Å². The molecule has 0 aromatic rings. The molecule has 4 nitrogen and oxygen atoms in total. The van der Waals surface area contributed by atoms with Gasteiger partial charge in [-0.25, -0.2) is 0 Å². The molecule has 0 aliphatic carbocycles. The highest BCUT2D eigenvalue weighted by molar-refractivity contribution is 4.59. The maximum atomic E-state index is 8.79. The first kappa shape index (κ1) is 16.3. The van der Waals surface area contributed by atoms with Crippen molar-refractivity contribution in [1.82, 2.24) is 0 Å². The largest absolute Gasteiger partial charge is 0.394 e. The summed E-state index contributed by atoms with van der Waals surface area (Å²) in [6.07, 6.45) is -0.917. The highest BCUT2D eigenvalue weighted by atomic mass is 16.5. The lowest BCUT2D eigenvalue weighted by Crippen LogP contribution is -2.24. The van der Waals surface area contributed by atoms with Crippen LogP contribution in [-0.2, 0) is 4.74 Å². The summed E-state index contributed by atoms with van der Waals surface area (Å²) in [5, 5.41) is 24.8. The van der Waals surface area contributed by atoms with E-state index in [4.69, 9.17) is 20.1 Å². The summed E-state index contributed by atoms with van der Waals surface area (Å²) in [7, 11) is 0. The number of aliphatic hydroxyl groups is 3. The average Bonchev–Trinajstić information content (AvgIpc) is 2.01. The minimum absolute atomic E-state index is 0.128. The third-order valence-electron chi connectivity index (χ3n) is 1.02. The Hall–Kier alpha value is -0.160.